The van der Waals surface area contributed by atoms with Crippen molar-refractivity contribution < 1.29 is 0 Å². The minimum Gasteiger partial charge on any atom is -0.352 e. The molecule has 17 heavy (non-hydrogen) atoms. The fourth-order valence-corrected chi connectivity index (χ4v) is 2.15. The summed E-state index contributed by atoms with van der Waals surface area (Å²) >= 11 is 3.48. The Morgan fingerprint density at radius 3 is 2.65 bits per heavy atom. The van der Waals surface area contributed by atoms with Gasteiger partial charge in [0.25, 0.3) is 0 Å². The Balaban J connectivity index is 2.21. The van der Waals surface area contributed by atoms with Gasteiger partial charge in [0.2, 0.25) is 0 Å². The molecule has 0 aliphatic rings. The Bertz CT molecular complexity index is 473. The first-order chi connectivity index (χ1) is 8.31. The van der Waals surface area contributed by atoms with E-state index in [-0.39, 0.29) is 0 Å². The maximum absolute atomic E-state index is 4.31. The van der Waals surface area contributed by atoms with Gasteiger partial charge >= 0.3 is 0 Å². The Morgan fingerprint density at radius 2 is 2.00 bits per heavy atom. The monoisotopic (exact) mass is 291 g/mol. The summed E-state index contributed by atoms with van der Waals surface area (Å²) in [6, 6.07) is 10.4. The smallest absolute Gasteiger partial charge is 0.146 e. The van der Waals surface area contributed by atoms with E-state index in [2.05, 4.69) is 62.0 Å². The van der Waals surface area contributed by atoms with Gasteiger partial charge in [-0.25, -0.2) is 9.97 Å². The lowest BCUT2D eigenvalue weighted by Gasteiger charge is -2.22. The van der Waals surface area contributed by atoms with Gasteiger partial charge in [-0.1, -0.05) is 30.3 Å². The third-order valence-corrected chi connectivity index (χ3v) is 3.11. The highest BCUT2D eigenvalue weighted by molar-refractivity contribution is 9.10. The van der Waals surface area contributed by atoms with Gasteiger partial charge in [0.15, 0.2) is 0 Å². The molecule has 2 rings (SSSR count). The van der Waals surface area contributed by atoms with Gasteiger partial charge in [0.1, 0.15) is 12.1 Å². The second kappa shape index (κ2) is 5.77. The van der Waals surface area contributed by atoms with E-state index >= 15 is 0 Å². The molecule has 0 saturated heterocycles. The van der Waals surface area contributed by atoms with E-state index in [1.165, 1.54) is 5.56 Å². The summed E-state index contributed by atoms with van der Waals surface area (Å²) in [5.74, 6) is 0.936. The SMILES string of the molecule is CCN(Cc1ccccc1)c1ncncc1Br. The molecular weight excluding hydrogens is 278 g/mol. The second-order valence-electron chi connectivity index (χ2n) is 3.69. The van der Waals surface area contributed by atoms with Gasteiger partial charge in [-0.2, -0.15) is 0 Å². The highest BCUT2D eigenvalue weighted by Gasteiger charge is 2.09. The van der Waals surface area contributed by atoms with E-state index in [9.17, 15) is 0 Å². The minimum absolute atomic E-state index is 0.854. The summed E-state index contributed by atoms with van der Waals surface area (Å²) in [7, 11) is 0. The average molecular weight is 292 g/mol. The first-order valence-corrected chi connectivity index (χ1v) is 6.35. The number of benzene rings is 1. The predicted molar refractivity (Wildman–Crippen MR) is 72.9 cm³/mol. The first-order valence-electron chi connectivity index (χ1n) is 5.55. The van der Waals surface area contributed by atoms with Crippen LogP contribution < -0.4 is 4.90 Å². The maximum atomic E-state index is 4.31. The highest BCUT2D eigenvalue weighted by atomic mass is 79.9. The van der Waals surface area contributed by atoms with Crippen LogP contribution in [0.3, 0.4) is 0 Å². The molecule has 2 aromatic rings. The van der Waals surface area contributed by atoms with Crippen LogP contribution in [0.4, 0.5) is 5.82 Å². The average Bonchev–Trinajstić information content (AvgIpc) is 2.38. The molecular formula is C13H14BrN3. The Labute approximate surface area is 110 Å². The van der Waals surface area contributed by atoms with Crippen LogP contribution in [0.1, 0.15) is 12.5 Å². The van der Waals surface area contributed by atoms with E-state index < -0.39 is 0 Å². The number of rotatable bonds is 4. The van der Waals surface area contributed by atoms with Crippen molar-refractivity contribution in [2.75, 3.05) is 11.4 Å². The zero-order valence-corrected chi connectivity index (χ0v) is 11.3. The van der Waals surface area contributed by atoms with Crippen LogP contribution in [-0.2, 0) is 6.54 Å². The number of hydrogen-bond acceptors (Lipinski definition) is 3. The lowest BCUT2D eigenvalue weighted by atomic mass is 10.2. The van der Waals surface area contributed by atoms with Gasteiger partial charge in [-0.3, -0.25) is 0 Å². The molecule has 0 fully saturated rings. The fourth-order valence-electron chi connectivity index (χ4n) is 1.68. The van der Waals surface area contributed by atoms with Gasteiger partial charge in [0, 0.05) is 19.3 Å². The zero-order valence-electron chi connectivity index (χ0n) is 9.68. The Kier molecular flexibility index (Phi) is 4.09. The molecule has 0 bridgehead atoms. The van der Waals surface area contributed by atoms with Crippen LogP contribution in [0.5, 0.6) is 0 Å². The van der Waals surface area contributed by atoms with Gasteiger partial charge in [0.05, 0.1) is 4.47 Å². The van der Waals surface area contributed by atoms with Crippen molar-refractivity contribution in [3.8, 4) is 0 Å². The van der Waals surface area contributed by atoms with Crippen molar-refractivity contribution in [2.45, 2.75) is 13.5 Å². The van der Waals surface area contributed by atoms with Crippen molar-refractivity contribution >= 4 is 21.7 Å². The molecule has 0 atom stereocenters. The summed E-state index contributed by atoms with van der Waals surface area (Å²) < 4.78 is 0.929. The first kappa shape index (κ1) is 12.0. The summed E-state index contributed by atoms with van der Waals surface area (Å²) in [6.07, 6.45) is 3.35. The largest absolute Gasteiger partial charge is 0.352 e. The molecule has 4 heteroatoms. The van der Waals surface area contributed by atoms with Crippen molar-refractivity contribution in [1.29, 1.82) is 0 Å². The third-order valence-electron chi connectivity index (χ3n) is 2.55. The topological polar surface area (TPSA) is 29.0 Å². The number of halogens is 1. The number of aromatic nitrogens is 2. The molecule has 88 valence electrons. The summed E-state index contributed by atoms with van der Waals surface area (Å²) in [4.78, 5) is 10.5. The molecule has 0 unspecified atom stereocenters. The molecule has 0 aliphatic heterocycles. The van der Waals surface area contributed by atoms with E-state index in [1.54, 1.807) is 12.5 Å². The van der Waals surface area contributed by atoms with Crippen molar-refractivity contribution in [2.24, 2.45) is 0 Å². The van der Waals surface area contributed by atoms with Crippen LogP contribution in [0.25, 0.3) is 0 Å². The van der Waals surface area contributed by atoms with Crippen LogP contribution in [0, 0.1) is 0 Å². The fraction of sp³-hybridized carbons (Fsp3) is 0.231. The summed E-state index contributed by atoms with van der Waals surface area (Å²) in [6.45, 7) is 3.88. The second-order valence-corrected chi connectivity index (χ2v) is 4.55. The standard InChI is InChI=1S/C13H14BrN3/c1-2-17(9-11-6-4-3-5-7-11)13-12(14)8-15-10-16-13/h3-8,10H,2,9H2,1H3. The van der Waals surface area contributed by atoms with E-state index in [0.717, 1.165) is 23.4 Å². The van der Waals surface area contributed by atoms with Crippen LogP contribution in [0.15, 0.2) is 47.3 Å². The molecule has 1 aromatic heterocycles. The van der Waals surface area contributed by atoms with E-state index in [4.69, 9.17) is 0 Å². The van der Waals surface area contributed by atoms with Crippen LogP contribution in [0.2, 0.25) is 0 Å². The number of anilines is 1. The summed E-state index contributed by atoms with van der Waals surface area (Å²) in [5.41, 5.74) is 1.28. The molecule has 1 heterocycles. The zero-order chi connectivity index (χ0) is 12.1. The molecule has 0 spiro atoms. The normalized spacial score (nSPS) is 10.2. The lowest BCUT2D eigenvalue weighted by molar-refractivity contribution is 0.806. The molecule has 3 nitrogen and oxygen atoms in total. The lowest BCUT2D eigenvalue weighted by Crippen LogP contribution is -2.23. The van der Waals surface area contributed by atoms with Gasteiger partial charge in [-0.15, -0.1) is 0 Å². The predicted octanol–water partition coefficient (Wildman–Crippen LogP) is 3.27. The molecule has 0 radical (unpaired) electrons. The minimum atomic E-state index is 0.854. The van der Waals surface area contributed by atoms with Crippen molar-refractivity contribution in [3.05, 3.63) is 52.9 Å². The van der Waals surface area contributed by atoms with Crippen LogP contribution in [-0.4, -0.2) is 16.5 Å². The van der Waals surface area contributed by atoms with E-state index in [0.29, 0.717) is 0 Å². The van der Waals surface area contributed by atoms with Gasteiger partial charge in [-0.05, 0) is 28.4 Å². The van der Waals surface area contributed by atoms with Crippen molar-refractivity contribution in [1.82, 2.24) is 9.97 Å². The molecule has 0 amide bonds. The molecule has 0 N–H and O–H groups in total. The molecule has 0 aliphatic carbocycles. The quantitative estimate of drug-likeness (QED) is 0.866. The van der Waals surface area contributed by atoms with Crippen molar-refractivity contribution in [3.63, 3.8) is 0 Å². The summed E-state index contributed by atoms with van der Waals surface area (Å²) in [5, 5.41) is 0. The number of hydrogen-bond donors (Lipinski definition) is 0. The highest BCUT2D eigenvalue weighted by Crippen LogP contribution is 2.23. The van der Waals surface area contributed by atoms with E-state index in [1.807, 2.05) is 6.07 Å². The van der Waals surface area contributed by atoms with Crippen LogP contribution >= 0.6 is 15.9 Å². The number of nitrogens with zero attached hydrogens (tertiary/aromatic N) is 3. The Hall–Kier alpha value is -1.42. The molecule has 1 aromatic carbocycles. The maximum Gasteiger partial charge on any atom is 0.146 e. The molecule has 0 saturated carbocycles. The Morgan fingerprint density at radius 1 is 1.24 bits per heavy atom. The third kappa shape index (κ3) is 3.03. The van der Waals surface area contributed by atoms with Gasteiger partial charge < -0.3 is 4.90 Å².